The van der Waals surface area contributed by atoms with E-state index < -0.39 is 0 Å². The number of amides is 2. The molecule has 1 aliphatic rings. The van der Waals surface area contributed by atoms with Gasteiger partial charge in [-0.25, -0.2) is 0 Å². The fourth-order valence-corrected chi connectivity index (χ4v) is 2.60. The van der Waals surface area contributed by atoms with Gasteiger partial charge in [-0.3, -0.25) is 9.59 Å². The van der Waals surface area contributed by atoms with Gasteiger partial charge in [-0.05, 0) is 36.6 Å². The van der Waals surface area contributed by atoms with Crippen LogP contribution >= 0.6 is 0 Å². The summed E-state index contributed by atoms with van der Waals surface area (Å²) in [5, 5.41) is 12.1. The number of carbonyl (C=O) groups is 2. The van der Waals surface area contributed by atoms with Crippen LogP contribution in [0.25, 0.3) is 0 Å². The molecule has 2 amide bonds. The Morgan fingerprint density at radius 1 is 1.35 bits per heavy atom. The van der Waals surface area contributed by atoms with E-state index >= 15 is 0 Å². The molecular weight excluding hydrogens is 256 g/mol. The highest BCUT2D eigenvalue weighted by atomic mass is 16.3. The van der Waals surface area contributed by atoms with Crippen LogP contribution in [0.15, 0.2) is 24.3 Å². The average Bonchev–Trinajstić information content (AvgIpc) is 2.79. The van der Waals surface area contributed by atoms with Gasteiger partial charge in [0.25, 0.3) is 5.91 Å². The predicted molar refractivity (Wildman–Crippen MR) is 76.4 cm³/mol. The van der Waals surface area contributed by atoms with Crippen molar-refractivity contribution < 1.29 is 14.7 Å². The Hall–Kier alpha value is -1.88. The predicted octanol–water partition coefficient (Wildman–Crippen LogP) is 1.49. The second kappa shape index (κ2) is 6.05. The van der Waals surface area contributed by atoms with Crippen molar-refractivity contribution in [3.05, 3.63) is 29.8 Å². The topological polar surface area (TPSA) is 69.6 Å². The van der Waals surface area contributed by atoms with Crippen LogP contribution in [0.3, 0.4) is 0 Å². The summed E-state index contributed by atoms with van der Waals surface area (Å²) >= 11 is 0. The molecule has 5 heteroatoms. The average molecular weight is 276 g/mol. The molecule has 1 saturated heterocycles. The molecule has 0 aliphatic carbocycles. The zero-order valence-electron chi connectivity index (χ0n) is 11.8. The Kier molecular flexibility index (Phi) is 4.39. The van der Waals surface area contributed by atoms with E-state index in [1.165, 1.54) is 6.92 Å². The molecule has 0 aromatic heterocycles. The third kappa shape index (κ3) is 2.99. The van der Waals surface area contributed by atoms with Gasteiger partial charge in [-0.15, -0.1) is 0 Å². The van der Waals surface area contributed by atoms with Gasteiger partial charge in [0, 0.05) is 24.7 Å². The normalized spacial score (nSPS) is 21.9. The Morgan fingerprint density at radius 3 is 2.55 bits per heavy atom. The number of likely N-dealkylation sites (tertiary alicyclic amines) is 1. The summed E-state index contributed by atoms with van der Waals surface area (Å²) in [5.74, 6) is 0.114. The van der Waals surface area contributed by atoms with Crippen LogP contribution < -0.4 is 5.32 Å². The van der Waals surface area contributed by atoms with Crippen molar-refractivity contribution in [1.29, 1.82) is 0 Å². The zero-order valence-corrected chi connectivity index (χ0v) is 11.8. The molecule has 1 aliphatic heterocycles. The molecule has 0 radical (unpaired) electrons. The Bertz CT molecular complexity index is 498. The molecular formula is C15H20N2O3. The van der Waals surface area contributed by atoms with Crippen LogP contribution in [0, 0.1) is 5.92 Å². The number of nitrogens with one attached hydrogen (secondary N) is 1. The van der Waals surface area contributed by atoms with E-state index in [1.54, 1.807) is 29.2 Å². The van der Waals surface area contributed by atoms with Crippen LogP contribution in [-0.4, -0.2) is 41.0 Å². The molecule has 0 spiro atoms. The minimum Gasteiger partial charge on any atom is -0.394 e. The Labute approximate surface area is 118 Å². The first-order valence-electron chi connectivity index (χ1n) is 6.82. The van der Waals surface area contributed by atoms with Crippen molar-refractivity contribution in [1.82, 2.24) is 4.90 Å². The van der Waals surface area contributed by atoms with Crippen molar-refractivity contribution in [2.24, 2.45) is 5.92 Å². The number of aliphatic hydroxyl groups is 1. The molecule has 5 nitrogen and oxygen atoms in total. The summed E-state index contributed by atoms with van der Waals surface area (Å²) in [6.45, 7) is 4.17. The molecule has 108 valence electrons. The van der Waals surface area contributed by atoms with Gasteiger partial charge in [-0.1, -0.05) is 6.92 Å². The Balaban J connectivity index is 2.11. The highest BCUT2D eigenvalue weighted by Gasteiger charge is 2.34. The smallest absolute Gasteiger partial charge is 0.254 e. The fraction of sp³-hybridized carbons (Fsp3) is 0.467. The summed E-state index contributed by atoms with van der Waals surface area (Å²) in [7, 11) is 0. The molecule has 1 fully saturated rings. The van der Waals surface area contributed by atoms with E-state index in [0.29, 0.717) is 23.7 Å². The van der Waals surface area contributed by atoms with Gasteiger partial charge in [0.15, 0.2) is 0 Å². The molecule has 2 unspecified atom stereocenters. The quantitative estimate of drug-likeness (QED) is 0.878. The van der Waals surface area contributed by atoms with Crippen LogP contribution in [0.2, 0.25) is 0 Å². The second-order valence-electron chi connectivity index (χ2n) is 5.27. The molecule has 1 heterocycles. The molecule has 20 heavy (non-hydrogen) atoms. The number of benzene rings is 1. The van der Waals surface area contributed by atoms with Gasteiger partial charge >= 0.3 is 0 Å². The molecule has 2 N–H and O–H groups in total. The first-order chi connectivity index (χ1) is 9.52. The summed E-state index contributed by atoms with van der Waals surface area (Å²) in [6, 6.07) is 6.72. The standard InChI is InChI=1S/C15H20N2O3/c1-10-7-8-17(14(10)9-18)15(20)12-3-5-13(6-4-12)16-11(2)19/h3-6,10,14,18H,7-9H2,1-2H3,(H,16,19). The first kappa shape index (κ1) is 14.5. The van der Waals surface area contributed by atoms with Gasteiger partial charge in [0.2, 0.25) is 5.91 Å². The van der Waals surface area contributed by atoms with Crippen molar-refractivity contribution in [3.63, 3.8) is 0 Å². The van der Waals surface area contributed by atoms with Crippen LogP contribution in [0.5, 0.6) is 0 Å². The molecule has 1 aromatic rings. The summed E-state index contributed by atoms with van der Waals surface area (Å²) < 4.78 is 0. The highest BCUT2D eigenvalue weighted by molar-refractivity contribution is 5.95. The summed E-state index contributed by atoms with van der Waals surface area (Å²) in [6.07, 6.45) is 0.918. The van der Waals surface area contributed by atoms with Gasteiger partial charge in [-0.2, -0.15) is 0 Å². The van der Waals surface area contributed by atoms with E-state index in [1.807, 2.05) is 6.92 Å². The third-order valence-corrected chi connectivity index (χ3v) is 3.78. The van der Waals surface area contributed by atoms with Gasteiger partial charge < -0.3 is 15.3 Å². The SMILES string of the molecule is CC(=O)Nc1ccc(C(=O)N2CCC(C)C2CO)cc1. The maximum atomic E-state index is 12.4. The minimum absolute atomic E-state index is 0.00309. The van der Waals surface area contributed by atoms with E-state index in [9.17, 15) is 14.7 Å². The van der Waals surface area contributed by atoms with Crippen LogP contribution in [-0.2, 0) is 4.79 Å². The lowest BCUT2D eigenvalue weighted by Crippen LogP contribution is -2.39. The number of hydrogen-bond acceptors (Lipinski definition) is 3. The van der Waals surface area contributed by atoms with Crippen molar-refractivity contribution in [3.8, 4) is 0 Å². The summed E-state index contributed by atoms with van der Waals surface area (Å²) in [4.78, 5) is 25.1. The number of rotatable bonds is 3. The number of aliphatic hydroxyl groups excluding tert-OH is 1. The van der Waals surface area contributed by atoms with Crippen molar-refractivity contribution in [2.75, 3.05) is 18.5 Å². The molecule has 0 saturated carbocycles. The lowest BCUT2D eigenvalue weighted by Gasteiger charge is -2.25. The van der Waals surface area contributed by atoms with Crippen molar-refractivity contribution in [2.45, 2.75) is 26.3 Å². The number of anilines is 1. The Morgan fingerprint density at radius 2 is 2.00 bits per heavy atom. The van der Waals surface area contributed by atoms with Crippen LogP contribution in [0.4, 0.5) is 5.69 Å². The van der Waals surface area contributed by atoms with E-state index in [-0.39, 0.29) is 24.5 Å². The number of carbonyl (C=O) groups excluding carboxylic acids is 2. The minimum atomic E-state index is -0.141. The second-order valence-corrected chi connectivity index (χ2v) is 5.27. The van der Waals surface area contributed by atoms with Gasteiger partial charge in [0.1, 0.15) is 0 Å². The third-order valence-electron chi connectivity index (χ3n) is 3.78. The lowest BCUT2D eigenvalue weighted by molar-refractivity contribution is -0.114. The first-order valence-corrected chi connectivity index (χ1v) is 6.82. The lowest BCUT2D eigenvalue weighted by atomic mass is 10.0. The fourth-order valence-electron chi connectivity index (χ4n) is 2.60. The number of nitrogens with zero attached hydrogens (tertiary/aromatic N) is 1. The highest BCUT2D eigenvalue weighted by Crippen LogP contribution is 2.25. The summed E-state index contributed by atoms with van der Waals surface area (Å²) in [5.41, 5.74) is 1.24. The molecule has 2 rings (SSSR count). The van der Waals surface area contributed by atoms with E-state index in [2.05, 4.69) is 5.32 Å². The van der Waals surface area contributed by atoms with Crippen molar-refractivity contribution >= 4 is 17.5 Å². The van der Waals surface area contributed by atoms with Gasteiger partial charge in [0.05, 0.1) is 12.6 Å². The van der Waals surface area contributed by atoms with E-state index in [0.717, 1.165) is 6.42 Å². The maximum Gasteiger partial charge on any atom is 0.254 e. The zero-order chi connectivity index (χ0) is 14.7. The van der Waals surface area contributed by atoms with Crippen LogP contribution in [0.1, 0.15) is 30.6 Å². The largest absolute Gasteiger partial charge is 0.394 e. The monoisotopic (exact) mass is 276 g/mol. The molecule has 0 bridgehead atoms. The molecule has 2 atom stereocenters. The molecule has 1 aromatic carbocycles. The van der Waals surface area contributed by atoms with E-state index in [4.69, 9.17) is 0 Å². The maximum absolute atomic E-state index is 12.4. The number of hydrogen-bond donors (Lipinski definition) is 2.